The molecule has 0 radical (unpaired) electrons. The van der Waals surface area contributed by atoms with Crippen LogP contribution in [0.4, 0.5) is 0 Å². The fourth-order valence-electron chi connectivity index (χ4n) is 2.59. The lowest BCUT2D eigenvalue weighted by molar-refractivity contribution is 0.108. The summed E-state index contributed by atoms with van der Waals surface area (Å²) in [5.41, 5.74) is -0.0989. The molecule has 2 fully saturated rings. The number of piperidine rings is 1. The van der Waals surface area contributed by atoms with Crippen LogP contribution in [0.3, 0.4) is 0 Å². The Bertz CT molecular complexity index is 318. The molecule has 0 aromatic carbocycles. The van der Waals surface area contributed by atoms with Gasteiger partial charge in [-0.1, -0.05) is 19.1 Å². The first-order valence-electron chi connectivity index (χ1n) is 5.29. The van der Waals surface area contributed by atoms with Crippen molar-refractivity contribution in [2.45, 2.75) is 31.8 Å². The molecule has 5 heteroatoms. The highest BCUT2D eigenvalue weighted by molar-refractivity contribution is 7.82. The van der Waals surface area contributed by atoms with Crippen LogP contribution >= 0.6 is 24.4 Å². The second-order valence-corrected chi connectivity index (χ2v) is 5.59. The third-order valence-corrected chi connectivity index (χ3v) is 4.41. The van der Waals surface area contributed by atoms with E-state index in [1.54, 1.807) is 0 Å². The minimum absolute atomic E-state index is 0.0989. The Labute approximate surface area is 102 Å². The Morgan fingerprint density at radius 1 is 1.40 bits per heavy atom. The average molecular weight is 243 g/mol. The lowest BCUT2D eigenvalue weighted by Crippen LogP contribution is -2.61. The number of rotatable bonds is 0. The van der Waals surface area contributed by atoms with Gasteiger partial charge in [-0.15, -0.1) is 0 Å². The van der Waals surface area contributed by atoms with E-state index in [9.17, 15) is 0 Å². The van der Waals surface area contributed by atoms with Gasteiger partial charge < -0.3 is 15.5 Å². The van der Waals surface area contributed by atoms with E-state index in [0.29, 0.717) is 17.1 Å². The summed E-state index contributed by atoms with van der Waals surface area (Å²) in [6.07, 6.45) is 1.02. The summed E-state index contributed by atoms with van der Waals surface area (Å²) >= 11 is 10.6. The number of nitrogens with zero attached hydrogens (tertiary/aromatic N) is 1. The van der Waals surface area contributed by atoms with E-state index in [0.717, 1.165) is 18.0 Å². The zero-order valence-corrected chi connectivity index (χ0v) is 11.0. The fourth-order valence-corrected chi connectivity index (χ4v) is 3.37. The molecule has 0 saturated carbocycles. The van der Waals surface area contributed by atoms with Gasteiger partial charge in [0.1, 0.15) is 4.99 Å². The van der Waals surface area contributed by atoms with Gasteiger partial charge in [0, 0.05) is 12.6 Å². The topological polar surface area (TPSA) is 27.3 Å². The van der Waals surface area contributed by atoms with Gasteiger partial charge >= 0.3 is 0 Å². The summed E-state index contributed by atoms with van der Waals surface area (Å²) in [6.45, 7) is 5.52. The maximum Gasteiger partial charge on any atom is 0.172 e. The van der Waals surface area contributed by atoms with Gasteiger partial charge in [-0.25, -0.2) is 0 Å². The monoisotopic (exact) mass is 243 g/mol. The maximum absolute atomic E-state index is 5.42. The Hall–Kier alpha value is -0.260. The van der Waals surface area contributed by atoms with Crippen LogP contribution in [0.15, 0.2) is 0 Å². The molecule has 0 aromatic heterocycles. The van der Waals surface area contributed by atoms with Crippen LogP contribution in [0, 0.1) is 5.92 Å². The van der Waals surface area contributed by atoms with Gasteiger partial charge in [0.05, 0.1) is 5.54 Å². The normalized spacial score (nSPS) is 41.8. The molecular formula is C10H17N3S2. The number of hydrogen-bond donors (Lipinski definition) is 2. The Kier molecular flexibility index (Phi) is 2.73. The molecule has 2 rings (SSSR count). The minimum Gasteiger partial charge on any atom is -0.350 e. The van der Waals surface area contributed by atoms with Crippen molar-refractivity contribution in [3.05, 3.63) is 0 Å². The van der Waals surface area contributed by atoms with Crippen molar-refractivity contribution >= 4 is 34.5 Å². The van der Waals surface area contributed by atoms with Crippen LogP contribution in [-0.4, -0.2) is 40.2 Å². The highest BCUT2D eigenvalue weighted by Gasteiger charge is 2.49. The van der Waals surface area contributed by atoms with Crippen LogP contribution in [0.2, 0.25) is 0 Å². The molecule has 0 unspecified atom stereocenters. The van der Waals surface area contributed by atoms with Gasteiger partial charge in [0.25, 0.3) is 0 Å². The van der Waals surface area contributed by atoms with Crippen molar-refractivity contribution in [1.29, 1.82) is 0 Å². The Morgan fingerprint density at radius 2 is 2.07 bits per heavy atom. The lowest BCUT2D eigenvalue weighted by Gasteiger charge is -2.46. The van der Waals surface area contributed by atoms with Gasteiger partial charge in [0.2, 0.25) is 0 Å². The summed E-state index contributed by atoms with van der Waals surface area (Å²) < 4.78 is 0. The molecule has 0 aromatic rings. The lowest BCUT2D eigenvalue weighted by atomic mass is 9.76. The molecular weight excluding hydrogens is 226 g/mol. The molecule has 0 amide bonds. The van der Waals surface area contributed by atoms with Crippen molar-refractivity contribution in [3.63, 3.8) is 0 Å². The molecule has 2 aliphatic rings. The van der Waals surface area contributed by atoms with Crippen molar-refractivity contribution in [1.82, 2.24) is 15.5 Å². The summed E-state index contributed by atoms with van der Waals surface area (Å²) in [5, 5.41) is 7.13. The minimum atomic E-state index is -0.0989. The van der Waals surface area contributed by atoms with Gasteiger partial charge in [0.15, 0.2) is 5.11 Å². The largest absolute Gasteiger partial charge is 0.350 e. The van der Waals surface area contributed by atoms with E-state index >= 15 is 0 Å². The Morgan fingerprint density at radius 3 is 2.60 bits per heavy atom. The second kappa shape index (κ2) is 3.64. The van der Waals surface area contributed by atoms with E-state index in [2.05, 4.69) is 36.4 Å². The van der Waals surface area contributed by atoms with Crippen LogP contribution in [0.1, 0.15) is 20.3 Å². The molecule has 2 N–H and O–H groups in total. The maximum atomic E-state index is 5.42. The zero-order chi connectivity index (χ0) is 11.2. The van der Waals surface area contributed by atoms with Crippen LogP contribution in [-0.2, 0) is 0 Å². The quantitative estimate of drug-likeness (QED) is 0.616. The van der Waals surface area contributed by atoms with Crippen molar-refractivity contribution in [3.8, 4) is 0 Å². The first kappa shape index (κ1) is 11.2. The summed E-state index contributed by atoms with van der Waals surface area (Å²) in [7, 11) is 2.16. The molecule has 3 nitrogen and oxygen atoms in total. The average Bonchev–Trinajstić information content (AvgIpc) is 2.40. The molecule has 2 heterocycles. The molecule has 2 saturated heterocycles. The number of hydrogen-bond acceptors (Lipinski definition) is 3. The molecule has 84 valence electrons. The molecule has 1 spiro atoms. The van der Waals surface area contributed by atoms with Crippen molar-refractivity contribution in [2.75, 3.05) is 13.6 Å². The first-order chi connectivity index (χ1) is 6.95. The van der Waals surface area contributed by atoms with Crippen molar-refractivity contribution < 1.29 is 0 Å². The van der Waals surface area contributed by atoms with Crippen LogP contribution < -0.4 is 10.6 Å². The van der Waals surface area contributed by atoms with E-state index < -0.39 is 0 Å². The first-order valence-corrected chi connectivity index (χ1v) is 6.11. The van der Waals surface area contributed by atoms with E-state index in [4.69, 9.17) is 24.4 Å². The van der Waals surface area contributed by atoms with Crippen molar-refractivity contribution in [2.24, 2.45) is 5.92 Å². The third kappa shape index (κ3) is 1.66. The van der Waals surface area contributed by atoms with E-state index in [-0.39, 0.29) is 5.54 Å². The summed E-state index contributed by atoms with van der Waals surface area (Å²) in [6, 6.07) is 0.536. The number of likely N-dealkylation sites (tertiary alicyclic amines) is 1. The van der Waals surface area contributed by atoms with Crippen LogP contribution in [0.25, 0.3) is 0 Å². The molecule has 2 aliphatic heterocycles. The molecule has 15 heavy (non-hydrogen) atoms. The van der Waals surface area contributed by atoms with Gasteiger partial charge in [-0.3, -0.25) is 0 Å². The fraction of sp³-hybridized carbons (Fsp3) is 0.800. The third-order valence-electron chi connectivity index (χ3n) is 3.74. The summed E-state index contributed by atoms with van der Waals surface area (Å²) in [4.78, 5) is 3.25. The van der Waals surface area contributed by atoms with Gasteiger partial charge in [-0.05, 0) is 38.5 Å². The molecule has 3 atom stereocenters. The smallest absolute Gasteiger partial charge is 0.172 e. The highest BCUT2D eigenvalue weighted by Crippen LogP contribution is 2.33. The predicted octanol–water partition coefficient (Wildman–Crippen LogP) is 0.890. The van der Waals surface area contributed by atoms with E-state index in [1.807, 2.05) is 0 Å². The van der Waals surface area contributed by atoms with Crippen LogP contribution in [0.5, 0.6) is 0 Å². The number of nitrogens with one attached hydrogen (secondary N) is 2. The second-order valence-electron chi connectivity index (χ2n) is 4.77. The summed E-state index contributed by atoms with van der Waals surface area (Å²) in [5.74, 6) is 0.485. The highest BCUT2D eigenvalue weighted by atomic mass is 32.1. The predicted molar refractivity (Wildman–Crippen MR) is 70.1 cm³/mol. The van der Waals surface area contributed by atoms with E-state index in [1.165, 1.54) is 0 Å². The molecule has 0 aliphatic carbocycles. The SMILES string of the molecule is C[C@@H]1C[C@@]2(NC(=S)NC2=S)[C@@H](C)CN1C. The molecule has 0 bridgehead atoms. The van der Waals surface area contributed by atoms with Gasteiger partial charge in [-0.2, -0.15) is 0 Å². The zero-order valence-electron chi connectivity index (χ0n) is 9.33. The standard InChI is InChI=1S/C10H17N3S2/c1-6-5-13(3)7(2)4-10(6)8(14)11-9(15)12-10/h6-7H,4-5H2,1-3H3,(H2,11,12,14,15)/t6-,7+,10+/m0/s1. The number of thiocarbonyl (C=S) groups is 2. The Balaban J connectivity index is 2.27.